The van der Waals surface area contributed by atoms with E-state index >= 15 is 0 Å². The number of nitrogens with zero attached hydrogens (tertiary/aromatic N) is 6. The van der Waals surface area contributed by atoms with E-state index in [4.69, 9.17) is 5.26 Å². The number of nitrogens with one attached hydrogen (secondary N) is 1. The number of rotatable bonds is 7. The molecule has 1 unspecified atom stereocenters. The molecule has 1 atom stereocenters. The van der Waals surface area contributed by atoms with Crippen LogP contribution in [0.5, 0.6) is 0 Å². The molecular formula is C22H18FN7OS. The van der Waals surface area contributed by atoms with E-state index < -0.39 is 5.95 Å². The van der Waals surface area contributed by atoms with E-state index in [9.17, 15) is 9.18 Å². The van der Waals surface area contributed by atoms with Gasteiger partial charge in [-0.25, -0.2) is 15.0 Å². The molecule has 4 aromatic rings. The lowest BCUT2D eigenvalue weighted by atomic mass is 10.2. The van der Waals surface area contributed by atoms with Crippen molar-refractivity contribution in [2.24, 2.45) is 0 Å². The van der Waals surface area contributed by atoms with Crippen LogP contribution < -0.4 is 5.32 Å². The second-order valence-electron chi connectivity index (χ2n) is 6.92. The summed E-state index contributed by atoms with van der Waals surface area (Å²) in [5.41, 5.74) is 2.52. The quantitative estimate of drug-likeness (QED) is 0.427. The van der Waals surface area contributed by atoms with Gasteiger partial charge >= 0.3 is 0 Å². The maximum Gasteiger partial charge on any atom is 0.274 e. The molecule has 8 nitrogen and oxygen atoms in total. The number of anilines is 1. The maximum atomic E-state index is 13.3. The Hall–Kier alpha value is -4.10. The van der Waals surface area contributed by atoms with Gasteiger partial charge in [-0.2, -0.15) is 9.65 Å². The molecule has 4 rings (SSSR count). The first-order valence-corrected chi connectivity index (χ1v) is 10.5. The fraction of sp³-hybridized carbons (Fsp3) is 0.136. The topological polar surface area (TPSA) is 101 Å². The number of carbonyl (C=O) groups is 1. The van der Waals surface area contributed by atoms with Gasteiger partial charge in [-0.1, -0.05) is 0 Å². The maximum absolute atomic E-state index is 13.3. The van der Waals surface area contributed by atoms with Crippen LogP contribution in [0, 0.1) is 17.3 Å². The minimum atomic E-state index is -0.560. The molecule has 0 saturated carbocycles. The van der Waals surface area contributed by atoms with E-state index in [1.165, 1.54) is 23.6 Å². The van der Waals surface area contributed by atoms with Crippen LogP contribution in [0.25, 0.3) is 12.2 Å². The minimum Gasteiger partial charge on any atom is -0.339 e. The van der Waals surface area contributed by atoms with Gasteiger partial charge < -0.3 is 9.13 Å². The molecule has 10 heteroatoms. The number of nitriles is 1. The van der Waals surface area contributed by atoms with Gasteiger partial charge in [0.25, 0.3) is 5.91 Å². The monoisotopic (exact) mass is 447 g/mol. The third kappa shape index (κ3) is 4.96. The van der Waals surface area contributed by atoms with Gasteiger partial charge in [-0.3, -0.25) is 10.1 Å². The Balaban J connectivity index is 1.41. The van der Waals surface area contributed by atoms with Crippen LogP contribution in [0.4, 0.5) is 9.52 Å². The molecule has 4 heterocycles. The third-order valence-corrected chi connectivity index (χ3v) is 5.40. The number of hydrogen-bond donors (Lipinski definition) is 1. The summed E-state index contributed by atoms with van der Waals surface area (Å²) in [4.78, 5) is 24.9. The molecule has 0 radical (unpaired) electrons. The van der Waals surface area contributed by atoms with E-state index in [0.29, 0.717) is 34.3 Å². The van der Waals surface area contributed by atoms with Crippen molar-refractivity contribution in [1.29, 1.82) is 5.26 Å². The Morgan fingerprint density at radius 3 is 3.00 bits per heavy atom. The molecule has 160 valence electrons. The second kappa shape index (κ2) is 9.36. The van der Waals surface area contributed by atoms with Crippen LogP contribution >= 0.6 is 11.3 Å². The highest BCUT2D eigenvalue weighted by atomic mass is 32.1. The molecule has 1 N–H and O–H groups in total. The highest BCUT2D eigenvalue weighted by molar-refractivity contribution is 7.14. The zero-order valence-electron chi connectivity index (χ0n) is 17.0. The van der Waals surface area contributed by atoms with Crippen molar-refractivity contribution in [3.8, 4) is 6.07 Å². The van der Waals surface area contributed by atoms with Crippen molar-refractivity contribution in [2.75, 3.05) is 5.32 Å². The van der Waals surface area contributed by atoms with E-state index in [0.717, 1.165) is 0 Å². The Labute approximate surface area is 187 Å². The third-order valence-electron chi connectivity index (χ3n) is 4.63. The molecule has 4 aromatic heterocycles. The van der Waals surface area contributed by atoms with Gasteiger partial charge in [0, 0.05) is 30.5 Å². The number of imidazole rings is 1. The summed E-state index contributed by atoms with van der Waals surface area (Å²) < 4.78 is 16.8. The van der Waals surface area contributed by atoms with Crippen LogP contribution in [0.3, 0.4) is 0 Å². The first kappa shape index (κ1) is 21.1. The highest BCUT2D eigenvalue weighted by Gasteiger charge is 2.13. The van der Waals surface area contributed by atoms with Gasteiger partial charge in [0.05, 0.1) is 23.8 Å². The van der Waals surface area contributed by atoms with Crippen LogP contribution in [0.15, 0.2) is 54.6 Å². The zero-order valence-corrected chi connectivity index (χ0v) is 17.8. The predicted octanol–water partition coefficient (Wildman–Crippen LogP) is 4.23. The van der Waals surface area contributed by atoms with Crippen molar-refractivity contribution in [3.63, 3.8) is 0 Å². The summed E-state index contributed by atoms with van der Waals surface area (Å²) in [7, 11) is 0. The zero-order chi connectivity index (χ0) is 22.5. The number of halogens is 1. The fourth-order valence-corrected chi connectivity index (χ4v) is 3.64. The van der Waals surface area contributed by atoms with Gasteiger partial charge in [0.1, 0.15) is 11.7 Å². The van der Waals surface area contributed by atoms with Crippen molar-refractivity contribution in [3.05, 3.63) is 83.2 Å². The summed E-state index contributed by atoms with van der Waals surface area (Å²) in [6.07, 6.45) is 10.1. The molecule has 32 heavy (non-hydrogen) atoms. The smallest absolute Gasteiger partial charge is 0.274 e. The number of aromatic nitrogens is 5. The average Bonchev–Trinajstić information content (AvgIpc) is 3.53. The van der Waals surface area contributed by atoms with Gasteiger partial charge in [0.15, 0.2) is 5.13 Å². The Morgan fingerprint density at radius 2 is 2.19 bits per heavy atom. The van der Waals surface area contributed by atoms with E-state index in [-0.39, 0.29) is 11.9 Å². The van der Waals surface area contributed by atoms with Crippen LogP contribution in [0.2, 0.25) is 0 Å². The van der Waals surface area contributed by atoms with Crippen LogP contribution in [-0.4, -0.2) is 30.0 Å². The summed E-state index contributed by atoms with van der Waals surface area (Å²) >= 11 is 1.31. The lowest BCUT2D eigenvalue weighted by Crippen LogP contribution is -2.17. The van der Waals surface area contributed by atoms with Gasteiger partial charge in [0.2, 0.25) is 5.95 Å². The van der Waals surface area contributed by atoms with Crippen molar-refractivity contribution < 1.29 is 9.18 Å². The summed E-state index contributed by atoms with van der Waals surface area (Å²) in [6.45, 7) is 2.13. The molecule has 0 bridgehead atoms. The number of pyridine rings is 1. The predicted molar refractivity (Wildman–Crippen MR) is 119 cm³/mol. The molecule has 0 aliphatic carbocycles. The standard InChI is InChI=1S/C22H18FN7OS/c1-15(10-24)30-12-17(26-14-30)4-5-18-13-32-22(27-18)28-21(31)19-3-2-8-29(19)11-16-6-7-25-20(23)9-16/h2-9,12-15H,11H2,1H3,(H,27,28,31)/b5-4+. The SMILES string of the molecule is CC(C#N)n1cnc(/C=C/c2csc(NC(=O)c3cccn3Cc3ccnc(F)c3)n2)c1. The molecular weight excluding hydrogens is 429 g/mol. The largest absolute Gasteiger partial charge is 0.339 e. The number of thiazole rings is 1. The number of hydrogen-bond acceptors (Lipinski definition) is 6. The second-order valence-corrected chi connectivity index (χ2v) is 7.78. The Morgan fingerprint density at radius 1 is 1.34 bits per heavy atom. The fourth-order valence-electron chi connectivity index (χ4n) is 2.97. The molecule has 0 aliphatic rings. The van der Waals surface area contributed by atoms with Gasteiger partial charge in [-0.15, -0.1) is 11.3 Å². The van der Waals surface area contributed by atoms with Crippen LogP contribution in [-0.2, 0) is 6.54 Å². The molecule has 1 amide bonds. The summed E-state index contributed by atoms with van der Waals surface area (Å²) in [5.74, 6) is -0.867. The molecule has 0 fully saturated rings. The molecule has 0 spiro atoms. The van der Waals surface area contributed by atoms with Crippen molar-refractivity contribution in [1.82, 2.24) is 24.1 Å². The lowest BCUT2D eigenvalue weighted by molar-refractivity contribution is 0.101. The Kier molecular flexibility index (Phi) is 6.19. The van der Waals surface area contributed by atoms with Crippen molar-refractivity contribution in [2.45, 2.75) is 19.5 Å². The van der Waals surface area contributed by atoms with E-state index in [1.54, 1.807) is 65.1 Å². The summed E-state index contributed by atoms with van der Waals surface area (Å²) in [5, 5.41) is 14.0. The first-order chi connectivity index (χ1) is 15.5. The number of amides is 1. The first-order valence-electron chi connectivity index (χ1n) is 9.65. The average molecular weight is 447 g/mol. The minimum absolute atomic E-state index is 0.290. The van der Waals surface area contributed by atoms with Crippen molar-refractivity contribution >= 4 is 34.5 Å². The van der Waals surface area contributed by atoms with E-state index in [1.807, 2.05) is 5.38 Å². The van der Waals surface area contributed by atoms with E-state index in [2.05, 4.69) is 26.3 Å². The molecule has 0 saturated heterocycles. The normalized spacial score (nSPS) is 12.0. The van der Waals surface area contributed by atoms with Crippen LogP contribution in [0.1, 0.15) is 40.4 Å². The molecule has 0 aromatic carbocycles. The lowest BCUT2D eigenvalue weighted by Gasteiger charge is -2.09. The van der Waals surface area contributed by atoms with Gasteiger partial charge in [-0.05, 0) is 48.9 Å². The Bertz CT molecular complexity index is 1310. The number of carbonyl (C=O) groups excluding carboxylic acids is 1. The molecule has 0 aliphatic heterocycles. The highest BCUT2D eigenvalue weighted by Crippen LogP contribution is 2.19. The summed E-state index contributed by atoms with van der Waals surface area (Å²) in [6, 6.07) is 8.35.